The fourth-order valence-electron chi connectivity index (χ4n) is 3.12. The van der Waals surface area contributed by atoms with Crippen LogP contribution in [0.5, 0.6) is 0 Å². The van der Waals surface area contributed by atoms with Gasteiger partial charge in [0.1, 0.15) is 0 Å². The molecular weight excluding hydrogens is 482 g/mol. The summed E-state index contributed by atoms with van der Waals surface area (Å²) in [6.45, 7) is 0.255. The molecule has 11 heteroatoms. The van der Waals surface area contributed by atoms with Crippen LogP contribution in [0.1, 0.15) is 16.7 Å². The lowest BCUT2D eigenvalue weighted by Gasteiger charge is -2.15. The molecule has 3 aromatic carbocycles. The van der Waals surface area contributed by atoms with Crippen LogP contribution in [0.4, 0.5) is 26.3 Å². The minimum atomic E-state index is -5.14. The van der Waals surface area contributed by atoms with E-state index in [-0.39, 0.29) is 31.3 Å². The average molecular weight is 502 g/mol. The molecular formula is C23H20F6N2O2S. The van der Waals surface area contributed by atoms with Gasteiger partial charge in [-0.05, 0) is 34.9 Å². The number of hydrogen-bond acceptors (Lipinski definition) is 3. The lowest BCUT2D eigenvalue weighted by Crippen LogP contribution is -2.32. The molecule has 0 unspecified atom stereocenters. The topological polar surface area (TPSA) is 58.2 Å². The zero-order valence-electron chi connectivity index (χ0n) is 17.5. The Morgan fingerprint density at radius 2 is 1.21 bits per heavy atom. The van der Waals surface area contributed by atoms with Gasteiger partial charge in [-0.1, -0.05) is 54.6 Å². The Balaban J connectivity index is 1.58. The molecule has 2 N–H and O–H groups in total. The second-order valence-electron chi connectivity index (χ2n) is 7.38. The first-order chi connectivity index (χ1) is 15.9. The number of halogens is 6. The van der Waals surface area contributed by atoms with Crippen molar-refractivity contribution in [3.05, 3.63) is 89.5 Å². The van der Waals surface area contributed by atoms with E-state index < -0.39 is 38.4 Å². The summed E-state index contributed by atoms with van der Waals surface area (Å²) in [4.78, 5) is -1.11. The van der Waals surface area contributed by atoms with E-state index in [4.69, 9.17) is 0 Å². The van der Waals surface area contributed by atoms with Crippen molar-refractivity contribution < 1.29 is 34.8 Å². The van der Waals surface area contributed by atoms with Gasteiger partial charge in [0.2, 0.25) is 10.0 Å². The summed E-state index contributed by atoms with van der Waals surface area (Å²) in [6.07, 6.45) is -10.3. The van der Waals surface area contributed by atoms with E-state index in [1.165, 1.54) is 0 Å². The van der Waals surface area contributed by atoms with E-state index in [9.17, 15) is 34.8 Å². The summed E-state index contributed by atoms with van der Waals surface area (Å²) < 4.78 is 104. The van der Waals surface area contributed by atoms with Gasteiger partial charge in [-0.15, -0.1) is 0 Å². The summed E-state index contributed by atoms with van der Waals surface area (Å²) in [7, 11) is -4.60. The van der Waals surface area contributed by atoms with Crippen molar-refractivity contribution in [2.45, 2.75) is 23.8 Å². The van der Waals surface area contributed by atoms with Crippen LogP contribution in [-0.4, -0.2) is 21.5 Å². The number of hydrogen-bond donors (Lipinski definition) is 2. The number of rotatable bonds is 8. The molecule has 0 aliphatic rings. The van der Waals surface area contributed by atoms with Crippen molar-refractivity contribution in [1.29, 1.82) is 0 Å². The molecule has 0 saturated heterocycles. The van der Waals surface area contributed by atoms with Crippen LogP contribution in [0.2, 0.25) is 0 Å². The number of alkyl halides is 6. The lowest BCUT2D eigenvalue weighted by atomic mass is 10.0. The van der Waals surface area contributed by atoms with Crippen molar-refractivity contribution in [1.82, 2.24) is 10.0 Å². The van der Waals surface area contributed by atoms with Crippen LogP contribution in [-0.2, 0) is 28.9 Å². The smallest absolute Gasteiger partial charge is 0.311 e. The minimum Gasteiger partial charge on any atom is -0.311 e. The van der Waals surface area contributed by atoms with Crippen molar-refractivity contribution in [3.8, 4) is 11.1 Å². The Kier molecular flexibility index (Phi) is 7.69. The first-order valence-electron chi connectivity index (χ1n) is 10.0. The normalized spacial score (nSPS) is 12.6. The molecule has 0 saturated carbocycles. The largest absolute Gasteiger partial charge is 0.416 e. The molecule has 0 bridgehead atoms. The van der Waals surface area contributed by atoms with E-state index in [0.717, 1.165) is 16.7 Å². The monoisotopic (exact) mass is 502 g/mol. The molecule has 0 heterocycles. The van der Waals surface area contributed by atoms with Crippen LogP contribution >= 0.6 is 0 Å². The number of sulfonamides is 1. The Hall–Kier alpha value is -2.89. The minimum absolute atomic E-state index is 0.102. The van der Waals surface area contributed by atoms with E-state index >= 15 is 0 Å². The standard InChI is InChI=1S/C23H20F6N2O2S/c24-22(25,26)19-12-20(23(27,28)29)14-21(13-19)34(32,33)31-11-10-30-15-16-6-8-18(9-7-16)17-4-2-1-3-5-17/h1-9,12-14,30-31H,10-11,15H2. The molecule has 0 aliphatic heterocycles. The molecule has 0 radical (unpaired) electrons. The van der Waals surface area contributed by atoms with Crippen molar-refractivity contribution in [3.63, 3.8) is 0 Å². The van der Waals surface area contributed by atoms with Gasteiger partial charge < -0.3 is 5.32 Å². The maximum absolute atomic E-state index is 13.0. The van der Waals surface area contributed by atoms with Crippen LogP contribution in [0.25, 0.3) is 11.1 Å². The SMILES string of the molecule is O=S(=O)(NCCNCc1ccc(-c2ccccc2)cc1)c1cc(C(F)(F)F)cc(C(F)(F)F)c1. The highest BCUT2D eigenvalue weighted by atomic mass is 32.2. The number of benzene rings is 3. The summed E-state index contributed by atoms with van der Waals surface area (Å²) in [5, 5.41) is 2.97. The molecule has 0 spiro atoms. The second kappa shape index (κ2) is 10.2. The maximum atomic E-state index is 13.0. The molecule has 0 fully saturated rings. The van der Waals surface area contributed by atoms with Gasteiger partial charge in [0.25, 0.3) is 0 Å². The fourth-order valence-corrected chi connectivity index (χ4v) is 4.22. The fraction of sp³-hybridized carbons (Fsp3) is 0.217. The molecule has 0 atom stereocenters. The van der Waals surface area contributed by atoms with E-state index in [2.05, 4.69) is 5.32 Å². The van der Waals surface area contributed by atoms with E-state index in [0.29, 0.717) is 6.54 Å². The van der Waals surface area contributed by atoms with Crippen LogP contribution in [0, 0.1) is 0 Å². The van der Waals surface area contributed by atoms with Crippen molar-refractivity contribution >= 4 is 10.0 Å². The van der Waals surface area contributed by atoms with Gasteiger partial charge in [-0.3, -0.25) is 0 Å². The highest BCUT2D eigenvalue weighted by Crippen LogP contribution is 2.37. The predicted molar refractivity (Wildman–Crippen MR) is 115 cm³/mol. The molecule has 182 valence electrons. The summed E-state index contributed by atoms with van der Waals surface area (Å²) in [5.74, 6) is 0. The highest BCUT2D eigenvalue weighted by molar-refractivity contribution is 7.89. The third kappa shape index (κ3) is 6.81. The van der Waals surface area contributed by atoms with E-state index in [1.54, 1.807) is 0 Å². The Bertz CT molecular complexity index is 1180. The van der Waals surface area contributed by atoms with Crippen molar-refractivity contribution in [2.75, 3.05) is 13.1 Å². The molecule has 3 aromatic rings. The first kappa shape index (κ1) is 25.7. The molecule has 3 rings (SSSR count). The van der Waals surface area contributed by atoms with E-state index in [1.807, 2.05) is 59.3 Å². The first-order valence-corrected chi connectivity index (χ1v) is 11.5. The molecule has 0 aromatic heterocycles. The average Bonchev–Trinajstić information content (AvgIpc) is 2.78. The van der Waals surface area contributed by atoms with Crippen LogP contribution in [0.3, 0.4) is 0 Å². The summed E-state index contributed by atoms with van der Waals surface area (Å²) in [6, 6.07) is 17.6. The van der Waals surface area contributed by atoms with Gasteiger partial charge in [0.05, 0.1) is 16.0 Å². The third-order valence-electron chi connectivity index (χ3n) is 4.86. The zero-order chi connectivity index (χ0) is 25.0. The second-order valence-corrected chi connectivity index (χ2v) is 9.15. The lowest BCUT2D eigenvalue weighted by molar-refractivity contribution is -0.143. The summed E-state index contributed by atoms with van der Waals surface area (Å²) >= 11 is 0. The van der Waals surface area contributed by atoms with Gasteiger partial charge >= 0.3 is 12.4 Å². The molecule has 4 nitrogen and oxygen atoms in total. The molecule has 0 aliphatic carbocycles. The Morgan fingerprint density at radius 1 is 0.676 bits per heavy atom. The van der Waals surface area contributed by atoms with Gasteiger partial charge in [-0.2, -0.15) is 26.3 Å². The highest BCUT2D eigenvalue weighted by Gasteiger charge is 2.38. The van der Waals surface area contributed by atoms with Gasteiger partial charge in [-0.25, -0.2) is 13.1 Å². The number of nitrogens with one attached hydrogen (secondary N) is 2. The van der Waals surface area contributed by atoms with Crippen molar-refractivity contribution in [2.24, 2.45) is 0 Å². The Labute approximate surface area is 192 Å². The third-order valence-corrected chi connectivity index (χ3v) is 6.30. The Morgan fingerprint density at radius 3 is 1.74 bits per heavy atom. The van der Waals surface area contributed by atoms with Gasteiger partial charge in [0.15, 0.2) is 0 Å². The molecule has 34 heavy (non-hydrogen) atoms. The quantitative estimate of drug-likeness (QED) is 0.318. The maximum Gasteiger partial charge on any atom is 0.416 e. The molecule has 0 amide bonds. The van der Waals surface area contributed by atoms with Crippen LogP contribution in [0.15, 0.2) is 77.7 Å². The predicted octanol–water partition coefficient (Wildman–Crippen LogP) is 5.46. The van der Waals surface area contributed by atoms with Crippen LogP contribution < -0.4 is 10.0 Å². The zero-order valence-corrected chi connectivity index (χ0v) is 18.4. The summed E-state index contributed by atoms with van der Waals surface area (Å²) in [5.41, 5.74) is -0.397. The van der Waals surface area contributed by atoms with Gasteiger partial charge in [0, 0.05) is 19.6 Å².